The summed E-state index contributed by atoms with van der Waals surface area (Å²) in [6.07, 6.45) is 1.76. The van der Waals surface area contributed by atoms with Crippen molar-refractivity contribution in [3.63, 3.8) is 0 Å². The topological polar surface area (TPSA) is 82.5 Å². The number of allylic oxidation sites excluding steroid dienone is 3. The van der Waals surface area contributed by atoms with Crippen molar-refractivity contribution >= 4 is 39.1 Å². The molecule has 1 aromatic carbocycles. The normalized spacial score (nSPS) is 14.5. The highest BCUT2D eigenvalue weighted by Gasteiger charge is 2.32. The van der Waals surface area contributed by atoms with Gasteiger partial charge in [0.2, 0.25) is 0 Å². The molecule has 5 nitrogen and oxygen atoms in total. The number of Topliss-reactive ketones (excluding diaryl/α,β-unsaturated/α-hetero) is 1. The van der Waals surface area contributed by atoms with Crippen LogP contribution >= 0.6 is 11.3 Å². The molecule has 124 valence electrons. The van der Waals surface area contributed by atoms with Crippen LogP contribution in [0.5, 0.6) is 0 Å². The zero-order valence-electron chi connectivity index (χ0n) is 14.1. The van der Waals surface area contributed by atoms with E-state index in [1.165, 1.54) is 11.3 Å². The van der Waals surface area contributed by atoms with Gasteiger partial charge >= 0.3 is 0 Å². The first kappa shape index (κ1) is 16.0. The molecular formula is C20H12N4OS. The van der Waals surface area contributed by atoms with Crippen LogP contribution in [0.15, 0.2) is 41.5 Å². The first-order valence-corrected chi connectivity index (χ1v) is 8.70. The largest absolute Gasteiger partial charge is 0.331 e. The second-order valence-corrected chi connectivity index (χ2v) is 7.03. The molecule has 0 N–H and O–H groups in total. The number of hydrogen-bond donors (Lipinski definition) is 0. The van der Waals surface area contributed by atoms with Gasteiger partial charge < -0.3 is 4.57 Å². The third kappa shape index (κ3) is 2.21. The minimum atomic E-state index is -0.166. The van der Waals surface area contributed by atoms with E-state index in [9.17, 15) is 15.3 Å². The van der Waals surface area contributed by atoms with E-state index in [1.807, 2.05) is 36.7 Å². The number of fused-ring (bicyclic) bond motifs is 2. The van der Waals surface area contributed by atoms with Crippen LogP contribution in [0.25, 0.3) is 22.0 Å². The summed E-state index contributed by atoms with van der Waals surface area (Å²) in [6.45, 7) is 1.94. The molecule has 1 aliphatic rings. The maximum atomic E-state index is 12.9. The molecular weight excluding hydrogens is 344 g/mol. The van der Waals surface area contributed by atoms with Crippen LogP contribution in [0.3, 0.4) is 0 Å². The minimum absolute atomic E-state index is 0.0513. The number of imidazole rings is 1. The Bertz CT molecular complexity index is 1230. The number of carbonyl (C=O) groups is 1. The van der Waals surface area contributed by atoms with E-state index in [-0.39, 0.29) is 11.4 Å². The van der Waals surface area contributed by atoms with Gasteiger partial charge in [-0.05, 0) is 24.6 Å². The van der Waals surface area contributed by atoms with Gasteiger partial charge in [0.05, 0.1) is 5.52 Å². The SMILES string of the molecule is Cc1nc2sc(/C=C3\C(=O)c4ccccc4C3=C(C#N)C#N)cc2n1C. The monoisotopic (exact) mass is 356 g/mol. The predicted molar refractivity (Wildman–Crippen MR) is 100 cm³/mol. The van der Waals surface area contributed by atoms with Gasteiger partial charge in [-0.3, -0.25) is 4.79 Å². The molecule has 0 unspecified atom stereocenters. The lowest BCUT2D eigenvalue weighted by Gasteiger charge is -2.01. The fourth-order valence-corrected chi connectivity index (χ4v) is 4.22. The van der Waals surface area contributed by atoms with Crippen molar-refractivity contribution in [2.45, 2.75) is 6.92 Å². The van der Waals surface area contributed by atoms with Crippen LogP contribution in [0.2, 0.25) is 0 Å². The van der Waals surface area contributed by atoms with Crippen molar-refractivity contribution in [2.24, 2.45) is 7.05 Å². The molecule has 0 spiro atoms. The molecule has 0 fully saturated rings. The number of ketones is 1. The Morgan fingerprint density at radius 3 is 2.58 bits per heavy atom. The molecule has 3 aromatic rings. The highest BCUT2D eigenvalue weighted by molar-refractivity contribution is 7.19. The first-order chi connectivity index (χ1) is 12.5. The summed E-state index contributed by atoms with van der Waals surface area (Å²) >= 11 is 1.48. The third-order valence-electron chi connectivity index (χ3n) is 4.54. The highest BCUT2D eigenvalue weighted by atomic mass is 32.1. The molecule has 2 heterocycles. The summed E-state index contributed by atoms with van der Waals surface area (Å²) in [5.41, 5.74) is 2.90. The highest BCUT2D eigenvalue weighted by Crippen LogP contribution is 2.40. The van der Waals surface area contributed by atoms with E-state index < -0.39 is 0 Å². The summed E-state index contributed by atoms with van der Waals surface area (Å²) in [6, 6.07) is 12.9. The van der Waals surface area contributed by atoms with Gasteiger partial charge in [0.1, 0.15) is 28.4 Å². The average Bonchev–Trinajstić information content (AvgIpc) is 3.24. The zero-order chi connectivity index (χ0) is 18.4. The van der Waals surface area contributed by atoms with Crippen LogP contribution < -0.4 is 0 Å². The lowest BCUT2D eigenvalue weighted by molar-refractivity contribution is 0.104. The van der Waals surface area contributed by atoms with Crippen molar-refractivity contribution in [3.8, 4) is 12.1 Å². The van der Waals surface area contributed by atoms with Crippen LogP contribution in [-0.4, -0.2) is 15.3 Å². The number of carbonyl (C=O) groups excluding carboxylic acids is 1. The molecule has 6 heteroatoms. The number of benzene rings is 1. The van der Waals surface area contributed by atoms with Crippen LogP contribution in [0.1, 0.15) is 26.6 Å². The molecule has 0 aliphatic heterocycles. The van der Waals surface area contributed by atoms with Gasteiger partial charge in [-0.2, -0.15) is 10.5 Å². The van der Waals surface area contributed by atoms with E-state index in [0.717, 1.165) is 21.0 Å². The van der Waals surface area contributed by atoms with Crippen LogP contribution in [-0.2, 0) is 7.05 Å². The minimum Gasteiger partial charge on any atom is -0.331 e. The number of aryl methyl sites for hydroxylation is 2. The van der Waals surface area contributed by atoms with Gasteiger partial charge in [0.25, 0.3) is 0 Å². The Kier molecular flexibility index (Phi) is 3.57. The van der Waals surface area contributed by atoms with E-state index in [0.29, 0.717) is 22.3 Å². The van der Waals surface area contributed by atoms with Gasteiger partial charge in [0, 0.05) is 28.6 Å². The Hall–Kier alpha value is -3.48. The van der Waals surface area contributed by atoms with E-state index in [2.05, 4.69) is 4.98 Å². The van der Waals surface area contributed by atoms with E-state index in [4.69, 9.17) is 0 Å². The molecule has 4 rings (SSSR count). The number of nitrogens with zero attached hydrogens (tertiary/aromatic N) is 4. The fourth-order valence-electron chi connectivity index (χ4n) is 3.17. The first-order valence-electron chi connectivity index (χ1n) is 7.88. The predicted octanol–water partition coefficient (Wildman–Crippen LogP) is 4.02. The average molecular weight is 356 g/mol. The second-order valence-electron chi connectivity index (χ2n) is 5.96. The third-order valence-corrected chi connectivity index (χ3v) is 5.50. The van der Waals surface area contributed by atoms with Crippen molar-refractivity contribution in [1.82, 2.24) is 9.55 Å². The van der Waals surface area contributed by atoms with Gasteiger partial charge in [-0.15, -0.1) is 11.3 Å². The number of aromatic nitrogens is 2. The molecule has 0 radical (unpaired) electrons. The molecule has 26 heavy (non-hydrogen) atoms. The van der Waals surface area contributed by atoms with Gasteiger partial charge in [0.15, 0.2) is 5.78 Å². The maximum absolute atomic E-state index is 12.9. The van der Waals surface area contributed by atoms with Crippen molar-refractivity contribution in [1.29, 1.82) is 10.5 Å². The Labute approximate surface area is 153 Å². The van der Waals surface area contributed by atoms with Crippen molar-refractivity contribution in [3.05, 3.63) is 63.3 Å². The smallest absolute Gasteiger partial charge is 0.194 e. The van der Waals surface area contributed by atoms with E-state index in [1.54, 1.807) is 30.3 Å². The summed E-state index contributed by atoms with van der Waals surface area (Å²) in [4.78, 5) is 19.1. The molecule has 0 bridgehead atoms. The quantitative estimate of drug-likeness (QED) is 0.487. The van der Waals surface area contributed by atoms with Crippen molar-refractivity contribution in [2.75, 3.05) is 0 Å². The fraction of sp³-hybridized carbons (Fsp3) is 0.100. The van der Waals surface area contributed by atoms with Crippen LogP contribution in [0, 0.1) is 29.6 Å². The summed E-state index contributed by atoms with van der Waals surface area (Å²) in [5.74, 6) is 0.756. The van der Waals surface area contributed by atoms with Crippen LogP contribution in [0.4, 0.5) is 0 Å². The standard InChI is InChI=1S/C20H12N4OS/c1-11-23-20-17(24(11)2)8-13(26-20)7-16-18(12(9-21)10-22)14-5-3-4-6-15(14)19(16)25/h3-8H,1-2H3/b16-7-. The number of nitriles is 2. The molecule has 0 atom stereocenters. The van der Waals surface area contributed by atoms with Gasteiger partial charge in [-0.25, -0.2) is 4.98 Å². The summed E-state index contributed by atoms with van der Waals surface area (Å²) in [7, 11) is 1.94. The molecule has 0 saturated heterocycles. The lowest BCUT2D eigenvalue weighted by Crippen LogP contribution is -1.95. The van der Waals surface area contributed by atoms with Crippen molar-refractivity contribution < 1.29 is 4.79 Å². The molecule has 0 saturated carbocycles. The van der Waals surface area contributed by atoms with Gasteiger partial charge in [-0.1, -0.05) is 24.3 Å². The maximum Gasteiger partial charge on any atom is 0.194 e. The summed E-state index contributed by atoms with van der Waals surface area (Å²) < 4.78 is 1.99. The number of hydrogen-bond acceptors (Lipinski definition) is 5. The number of rotatable bonds is 1. The Balaban J connectivity index is 1.95. The van der Waals surface area contributed by atoms with E-state index >= 15 is 0 Å². The second kappa shape index (κ2) is 5.80. The number of thiophene rings is 1. The Morgan fingerprint density at radius 2 is 1.92 bits per heavy atom. The molecule has 2 aromatic heterocycles. The zero-order valence-corrected chi connectivity index (χ0v) is 14.9. The lowest BCUT2D eigenvalue weighted by atomic mass is 9.99. The molecule has 0 amide bonds. The molecule has 1 aliphatic carbocycles. The Morgan fingerprint density at radius 1 is 1.23 bits per heavy atom. The summed E-state index contributed by atoms with van der Waals surface area (Å²) in [5, 5.41) is 18.7.